The second kappa shape index (κ2) is 16.8. The van der Waals surface area contributed by atoms with E-state index in [2.05, 4.69) is 0 Å². The molecule has 0 unspecified atom stereocenters. The number of fused-ring (bicyclic) bond motifs is 2. The third-order valence-electron chi connectivity index (χ3n) is 12.0. The maximum absolute atomic E-state index is 7.41. The summed E-state index contributed by atoms with van der Waals surface area (Å²) in [6.45, 7) is 0. The van der Waals surface area contributed by atoms with Crippen molar-refractivity contribution < 1.29 is 0 Å². The van der Waals surface area contributed by atoms with Crippen molar-refractivity contribution in [3.05, 3.63) is 0 Å². The Morgan fingerprint density at radius 2 is 0.219 bits per heavy atom. The van der Waals surface area contributed by atoms with Crippen LogP contribution in [0.5, 0.6) is 0 Å². The van der Waals surface area contributed by atoms with Gasteiger partial charge in [-0.3, -0.25) is 0 Å². The molecule has 7 aromatic carbocycles. The molecule has 0 aliphatic carbocycles. The molecule has 7 rings (SSSR count). The molecule has 0 saturated heterocycles. The molecule has 52 radical (unpaired) electrons. The lowest BCUT2D eigenvalue weighted by atomic mass is 9.54. The van der Waals surface area contributed by atoms with Crippen LogP contribution in [0.4, 0.5) is 0 Å². The van der Waals surface area contributed by atoms with Gasteiger partial charge in [-0.2, -0.15) is 0 Å². The van der Waals surface area contributed by atoms with Crippen molar-refractivity contribution in [2.24, 2.45) is 0 Å². The van der Waals surface area contributed by atoms with Crippen molar-refractivity contribution in [3.63, 3.8) is 0 Å². The van der Waals surface area contributed by atoms with E-state index in [0.29, 0.717) is 0 Å². The Hall–Kier alpha value is -3.25. The largest absolute Gasteiger partial charge is 0.115 e. The van der Waals surface area contributed by atoms with Gasteiger partial charge >= 0.3 is 0 Å². The Balaban J connectivity index is 1.91. The molecule has 0 nitrogen and oxygen atoms in total. The van der Waals surface area contributed by atoms with Gasteiger partial charge in [0, 0.05) is 0 Å². The Morgan fingerprint density at radius 3 is 0.484 bits per heavy atom. The molecule has 0 fully saturated rings. The molecule has 26 heteroatoms. The van der Waals surface area contributed by atoms with E-state index in [9.17, 15) is 0 Å². The minimum atomic E-state index is -0.275. The summed E-state index contributed by atoms with van der Waals surface area (Å²) in [4.78, 5) is 0. The van der Waals surface area contributed by atoms with Crippen LogP contribution in [0.2, 0.25) is 0 Å². The van der Waals surface area contributed by atoms with Gasteiger partial charge < -0.3 is 0 Å². The van der Waals surface area contributed by atoms with Crippen molar-refractivity contribution >= 4 is 368 Å². The van der Waals surface area contributed by atoms with Crippen molar-refractivity contribution in [3.8, 4) is 44.5 Å². The van der Waals surface area contributed by atoms with Crippen LogP contribution in [-0.2, 0) is 0 Å². The lowest BCUT2D eigenvalue weighted by Gasteiger charge is -2.34. The van der Waals surface area contributed by atoms with E-state index in [1.54, 1.807) is 0 Å². The van der Waals surface area contributed by atoms with Gasteiger partial charge in [-0.1, -0.05) is 76.5 Å². The summed E-state index contributed by atoms with van der Waals surface area (Å²) in [6, 6.07) is 0. The highest BCUT2D eigenvalue weighted by Gasteiger charge is 2.30. The number of benzene rings is 7. The molecule has 0 aromatic heterocycles. The maximum atomic E-state index is 7.41. The topological polar surface area (TPSA) is 0 Å². The molecule has 7 aromatic rings. The maximum Gasteiger partial charge on any atom is 0.115 e. The Bertz CT molecular complexity index is 3250. The summed E-state index contributed by atoms with van der Waals surface area (Å²) in [6.07, 6.45) is 0. The van der Waals surface area contributed by atoms with E-state index >= 15 is 0 Å². The van der Waals surface area contributed by atoms with E-state index in [1.807, 2.05) is 0 Å². The van der Waals surface area contributed by atoms with Crippen molar-refractivity contribution in [2.45, 2.75) is 0 Å². The number of hydrogen-bond acceptors (Lipinski definition) is 0. The minimum Gasteiger partial charge on any atom is -0.112 e. The second-order valence-corrected chi connectivity index (χ2v) is 15.3. The third-order valence-corrected chi connectivity index (χ3v) is 12.0. The first-order chi connectivity index (χ1) is 29.7. The predicted molar refractivity (Wildman–Crippen MR) is 303 cm³/mol. The highest BCUT2D eigenvalue weighted by Crippen LogP contribution is 2.39. The van der Waals surface area contributed by atoms with Crippen LogP contribution in [0, 0.1) is 0 Å². The van der Waals surface area contributed by atoms with Crippen molar-refractivity contribution in [1.82, 2.24) is 0 Å². The van der Waals surface area contributed by atoms with Crippen LogP contribution >= 0.6 is 0 Å². The summed E-state index contributed by atoms with van der Waals surface area (Å²) < 4.78 is 0. The zero-order chi connectivity index (χ0) is 47.9. The van der Waals surface area contributed by atoms with Gasteiger partial charge in [0.15, 0.2) is 0 Å². The third kappa shape index (κ3) is 6.57. The SMILES string of the molecule is [B]c1c([B])c([B])c(-c2c([B])c([B])c([B])c(-c3c([B])c([B])c4c(-c5c([B])c([B])c([B])c([B])c5[B])c5c([B])c([B])c([B])c([B])c5c(-c5c([B])c([B])c([B])c([B])c5[B])c4c3[B])c2[B])c([B])c1[B]. The van der Waals surface area contributed by atoms with E-state index in [-0.39, 0.29) is 208 Å². The Kier molecular flexibility index (Phi) is 12.8. The summed E-state index contributed by atoms with van der Waals surface area (Å²) in [7, 11) is 173. The first-order valence-electron chi connectivity index (χ1n) is 18.5. The van der Waals surface area contributed by atoms with Crippen molar-refractivity contribution in [2.75, 3.05) is 0 Å². The van der Waals surface area contributed by atoms with Crippen LogP contribution in [0.15, 0.2) is 0 Å². The molecule has 0 atom stereocenters. The molecule has 230 valence electrons. The summed E-state index contributed by atoms with van der Waals surface area (Å²) in [5, 5.41) is -0.123. The zero-order valence-electron chi connectivity index (χ0n) is 34.0. The molecular formula is C38B26. The van der Waals surface area contributed by atoms with Gasteiger partial charge in [-0.25, -0.2) is 0 Å². The molecule has 0 bridgehead atoms. The normalized spacial score (nSPS) is 11.5. The average Bonchev–Trinajstić information content (AvgIpc) is 3.26. The van der Waals surface area contributed by atoms with Crippen LogP contribution in [0.25, 0.3) is 66.1 Å². The quantitative estimate of drug-likeness (QED) is 0.125. The fraction of sp³-hybridized carbons (Fsp3) is 0. The smallest absolute Gasteiger partial charge is 0.112 e. The Morgan fingerprint density at radius 1 is 0.0938 bits per heavy atom. The minimum absolute atomic E-state index is 0.00205. The summed E-state index contributed by atoms with van der Waals surface area (Å²) >= 11 is 0. The summed E-state index contributed by atoms with van der Waals surface area (Å²) in [5.74, 6) is 0. The first-order valence-corrected chi connectivity index (χ1v) is 18.5. The standard InChI is InChI=1S/C38B26/c39-13-3-1(7-19(45)30(56)36(62)31(57)20(7)46)5-6(17(43)29(55)28(54)16(5)42)2(8-21(47)32(58)37(63)33(59)22(8)48)4(3)15(41)18(44)9(13)10-14(40)11(24(50)27(53)23(10)49)12-25(51)34(60)38(64)35(61)26(12)52. The highest BCUT2D eigenvalue weighted by molar-refractivity contribution is 6.76. The lowest BCUT2D eigenvalue weighted by molar-refractivity contribution is 1.81. The lowest BCUT2D eigenvalue weighted by Crippen LogP contribution is -2.57. The number of hydrogen-bond donors (Lipinski definition) is 0. The molecule has 0 heterocycles. The van der Waals surface area contributed by atoms with E-state index in [1.165, 1.54) is 0 Å². The molecular weight excluding hydrogens is 738 g/mol. The van der Waals surface area contributed by atoms with E-state index < -0.39 is 0 Å². The monoisotopic (exact) mass is 742 g/mol. The molecule has 0 spiro atoms. The highest BCUT2D eigenvalue weighted by atomic mass is 14.3. The van der Waals surface area contributed by atoms with Crippen molar-refractivity contribution in [1.29, 1.82) is 0 Å². The van der Waals surface area contributed by atoms with Gasteiger partial charge in [-0.05, 0) is 66.1 Å². The molecule has 0 aliphatic rings. The van der Waals surface area contributed by atoms with E-state index in [0.717, 1.165) is 0 Å². The molecule has 64 heavy (non-hydrogen) atoms. The molecule has 0 N–H and O–H groups in total. The van der Waals surface area contributed by atoms with Crippen LogP contribution in [0.3, 0.4) is 0 Å². The van der Waals surface area contributed by atoms with Crippen LogP contribution < -0.4 is 142 Å². The average molecular weight is 738 g/mol. The van der Waals surface area contributed by atoms with Gasteiger partial charge in [0.25, 0.3) is 0 Å². The zero-order valence-corrected chi connectivity index (χ0v) is 34.0. The predicted octanol–water partition coefficient (Wildman–Crippen LogP) is -20.7. The molecule has 0 saturated carbocycles. The fourth-order valence-electron chi connectivity index (χ4n) is 8.42. The van der Waals surface area contributed by atoms with E-state index in [4.69, 9.17) is 204 Å². The van der Waals surface area contributed by atoms with Gasteiger partial charge in [-0.15, -0.1) is 65.6 Å². The van der Waals surface area contributed by atoms with Crippen LogP contribution in [0.1, 0.15) is 0 Å². The molecule has 0 amide bonds. The van der Waals surface area contributed by atoms with Gasteiger partial charge in [0.2, 0.25) is 0 Å². The summed E-state index contributed by atoms with van der Waals surface area (Å²) in [5.41, 5.74) is -5.41. The Labute approximate surface area is 409 Å². The van der Waals surface area contributed by atoms with Gasteiger partial charge in [0.1, 0.15) is 204 Å². The van der Waals surface area contributed by atoms with Gasteiger partial charge in [0.05, 0.1) is 0 Å². The number of rotatable bonds is 4. The van der Waals surface area contributed by atoms with Crippen LogP contribution in [-0.4, -0.2) is 204 Å². The second-order valence-electron chi connectivity index (χ2n) is 15.3. The fourth-order valence-corrected chi connectivity index (χ4v) is 8.42. The molecule has 0 aliphatic heterocycles. The first kappa shape index (κ1) is 48.7.